The number of nitrogens with one attached hydrogen (secondary N) is 16. The number of aromatic nitrogens is 2. The molecule has 46 nitrogen and oxygen atoms in total. The molecule has 0 aromatic carbocycles. The molecule has 0 saturated carbocycles. The zero-order valence-corrected chi connectivity index (χ0v) is 65.5. The van der Waals surface area contributed by atoms with Crippen molar-refractivity contribution in [1.29, 1.82) is 0 Å². The van der Waals surface area contributed by atoms with E-state index in [1.54, 1.807) is 13.8 Å². The fraction of sp³-hybridized carbons (Fsp3) is 0.667. The lowest BCUT2D eigenvalue weighted by atomic mass is 10.0. The van der Waals surface area contributed by atoms with Gasteiger partial charge in [0.2, 0.25) is 100 Å². The third-order valence-electron chi connectivity index (χ3n) is 17.9. The van der Waals surface area contributed by atoms with Crippen molar-refractivity contribution in [3.05, 3.63) is 18.2 Å². The Kier molecular flexibility index (Phi) is 40.6. The quantitative estimate of drug-likeness (QED) is 0.0288. The molecule has 2 saturated heterocycles. The number of likely N-dealkylation sites (tertiary alicyclic amines) is 2. The highest BCUT2D eigenvalue weighted by Crippen LogP contribution is 2.21. The Bertz CT molecular complexity index is 3640. The summed E-state index contributed by atoms with van der Waals surface area (Å²) in [7, 11) is 0. The van der Waals surface area contributed by atoms with Crippen LogP contribution in [0.3, 0.4) is 0 Å². The largest absolute Gasteiger partial charge is 0.481 e. The van der Waals surface area contributed by atoms with Gasteiger partial charge in [-0.05, 0) is 90.4 Å². The lowest BCUT2D eigenvalue weighted by Gasteiger charge is -2.30. The fourth-order valence-electron chi connectivity index (χ4n) is 11.8. The summed E-state index contributed by atoms with van der Waals surface area (Å²) in [6, 6.07) is -21.5. The second kappa shape index (κ2) is 47.8. The number of amides is 17. The van der Waals surface area contributed by atoms with Crippen LogP contribution in [0.5, 0.6) is 0 Å². The average molecular weight is 1640 g/mol. The highest BCUT2D eigenvalue weighted by Gasteiger charge is 2.42. The minimum absolute atomic E-state index is 0.0182. The highest BCUT2D eigenvalue weighted by atomic mass is 16.4. The van der Waals surface area contributed by atoms with Crippen LogP contribution in [0.1, 0.15) is 133 Å². The predicted octanol–water partition coefficient (Wildman–Crippen LogP) is -10.3. The van der Waals surface area contributed by atoms with E-state index in [0.29, 0.717) is 6.42 Å². The summed E-state index contributed by atoms with van der Waals surface area (Å²) in [6.07, 6.45) is -1.16. The first kappa shape index (κ1) is 97.6. The van der Waals surface area contributed by atoms with Crippen LogP contribution in [0.25, 0.3) is 0 Å². The first-order valence-electron chi connectivity index (χ1n) is 37.2. The van der Waals surface area contributed by atoms with Gasteiger partial charge >= 0.3 is 17.9 Å². The number of H-pyrrole nitrogens is 1. The van der Waals surface area contributed by atoms with Crippen LogP contribution in [0.15, 0.2) is 12.5 Å². The van der Waals surface area contributed by atoms with E-state index in [1.165, 1.54) is 45.1 Å². The maximum absolute atomic E-state index is 14.0. The first-order chi connectivity index (χ1) is 53.9. The number of hydrogen-bond donors (Lipinski definition) is 23. The third-order valence-corrected chi connectivity index (χ3v) is 17.9. The number of aliphatic carboxylic acids is 3. The number of aliphatic hydroxyl groups excluding tert-OH is 3. The molecule has 24 N–H and O–H groups in total. The summed E-state index contributed by atoms with van der Waals surface area (Å²) in [6.45, 7) is 9.58. The molecule has 2 aliphatic heterocycles. The zero-order chi connectivity index (χ0) is 86.8. The van der Waals surface area contributed by atoms with Crippen LogP contribution in [-0.4, -0.2) is 312 Å². The van der Waals surface area contributed by atoms with Crippen molar-refractivity contribution in [3.63, 3.8) is 0 Å². The van der Waals surface area contributed by atoms with Crippen molar-refractivity contribution in [2.45, 2.75) is 224 Å². The molecule has 2 fully saturated rings. The van der Waals surface area contributed by atoms with Gasteiger partial charge in [0, 0.05) is 32.1 Å². The Morgan fingerprint density at radius 1 is 0.470 bits per heavy atom. The van der Waals surface area contributed by atoms with E-state index >= 15 is 0 Å². The molecule has 2 aliphatic rings. The summed E-state index contributed by atoms with van der Waals surface area (Å²) in [5.41, 5.74) is 5.61. The molecule has 3 rings (SSSR count). The van der Waals surface area contributed by atoms with Gasteiger partial charge in [-0.15, -0.1) is 0 Å². The first-order valence-corrected chi connectivity index (χ1v) is 37.2. The minimum atomic E-state index is -1.98. The van der Waals surface area contributed by atoms with Gasteiger partial charge in [-0.2, -0.15) is 0 Å². The number of carboxylic acid groups (broad SMARTS) is 3. The molecule has 17 amide bonds. The minimum Gasteiger partial charge on any atom is -0.481 e. The van der Waals surface area contributed by atoms with Crippen LogP contribution in [0, 0.1) is 17.8 Å². The second-order valence-corrected chi connectivity index (χ2v) is 28.8. The molecule has 0 unspecified atom stereocenters. The average Bonchev–Trinajstić information content (AvgIpc) is 1.73. The molecule has 1 aromatic heterocycles. The van der Waals surface area contributed by atoms with Crippen LogP contribution in [0.2, 0.25) is 0 Å². The Morgan fingerprint density at radius 3 is 1.45 bits per heavy atom. The Morgan fingerprint density at radius 2 is 0.930 bits per heavy atom. The number of carboxylic acids is 3. The summed E-state index contributed by atoms with van der Waals surface area (Å²) in [5.74, 6) is -22.3. The Labute approximate surface area is 660 Å². The molecule has 1 aromatic rings. The van der Waals surface area contributed by atoms with Gasteiger partial charge in [0.25, 0.3) is 0 Å². The van der Waals surface area contributed by atoms with Crippen molar-refractivity contribution in [1.82, 2.24) is 99.5 Å². The van der Waals surface area contributed by atoms with Crippen LogP contribution in [0.4, 0.5) is 0 Å². The second-order valence-electron chi connectivity index (χ2n) is 28.8. The lowest BCUT2D eigenvalue weighted by Crippen LogP contribution is -2.61. The van der Waals surface area contributed by atoms with E-state index in [0.717, 1.165) is 18.7 Å². The normalized spacial score (nSPS) is 17.2. The summed E-state index contributed by atoms with van der Waals surface area (Å²) in [4.78, 5) is 272. The van der Waals surface area contributed by atoms with Crippen molar-refractivity contribution in [3.8, 4) is 0 Å². The van der Waals surface area contributed by atoms with Crippen molar-refractivity contribution in [2.24, 2.45) is 23.5 Å². The van der Waals surface area contributed by atoms with Crippen molar-refractivity contribution in [2.75, 3.05) is 52.5 Å². The molecule has 115 heavy (non-hydrogen) atoms. The lowest BCUT2D eigenvalue weighted by molar-refractivity contribution is -0.143. The van der Waals surface area contributed by atoms with Crippen LogP contribution >= 0.6 is 0 Å². The smallest absolute Gasteiger partial charge is 0.325 e. The molecule has 0 aliphatic carbocycles. The monoisotopic (exact) mass is 1630 g/mol. The van der Waals surface area contributed by atoms with E-state index in [2.05, 4.69) is 89.7 Å². The van der Waals surface area contributed by atoms with E-state index in [9.17, 15) is 121 Å². The molecule has 642 valence electrons. The number of aliphatic hydroxyl groups is 3. The Hall–Kier alpha value is -11.5. The molecule has 3 heterocycles. The number of imidazole rings is 1. The SMILES string of the molecule is CC(C)C[C@H](NC(=O)CN)C(=O)NCC(=O)N1CCC[C@H]1C(=O)N[C@H](C(=O)N[C@@H](CCC(=O)O)C(=O)N[C@@H](CO)C(=O)N[C@@H](CO)C(=O)N1CCC[C@H]1C(=O)NCC(=O)N[C@@H](Cc1c[nH]cn1)C(=O)NCC(=O)N[C@@H](CC(C)C)C(=O)N[C@@H](CC(=O)O)C(=O)N[C@H](C(=O)N[C@@H](C)C(=O)N[C@@H](C)C(=O)N[C@@H](C)C(=O)O)[C@@H](C)O)C(C)C. The molecule has 46 heteroatoms. The van der Waals surface area contributed by atoms with Gasteiger partial charge in [0.05, 0.1) is 63.9 Å². The van der Waals surface area contributed by atoms with Gasteiger partial charge in [0.15, 0.2) is 0 Å². The van der Waals surface area contributed by atoms with Gasteiger partial charge in [-0.1, -0.05) is 41.5 Å². The number of carbonyl (C=O) groups excluding carboxylic acids is 17. The van der Waals surface area contributed by atoms with Crippen molar-refractivity contribution < 1.29 is 127 Å². The number of rotatable bonds is 48. The van der Waals surface area contributed by atoms with E-state index < -0.39 is 267 Å². The maximum atomic E-state index is 14.0. The summed E-state index contributed by atoms with van der Waals surface area (Å²) >= 11 is 0. The van der Waals surface area contributed by atoms with E-state index in [1.807, 2.05) is 13.8 Å². The predicted molar refractivity (Wildman–Crippen MR) is 396 cm³/mol. The molecule has 0 bridgehead atoms. The third kappa shape index (κ3) is 32.8. The topological polar surface area (TPSA) is 704 Å². The van der Waals surface area contributed by atoms with Crippen molar-refractivity contribution >= 4 is 118 Å². The van der Waals surface area contributed by atoms with Gasteiger partial charge < -0.3 is 131 Å². The molecule has 0 radical (unpaired) electrons. The molecular weight excluding hydrogens is 1520 g/mol. The zero-order valence-electron chi connectivity index (χ0n) is 65.5. The number of nitrogens with two attached hydrogens (primary N) is 1. The number of hydrogen-bond acceptors (Lipinski definition) is 25. The fourth-order valence-corrected chi connectivity index (χ4v) is 11.8. The highest BCUT2D eigenvalue weighted by molar-refractivity contribution is 6.01. The van der Waals surface area contributed by atoms with E-state index in [-0.39, 0.29) is 75.7 Å². The van der Waals surface area contributed by atoms with Crippen LogP contribution < -0.4 is 85.5 Å². The number of carbonyl (C=O) groups is 20. The molecule has 0 spiro atoms. The van der Waals surface area contributed by atoms with Gasteiger partial charge in [-0.3, -0.25) is 95.9 Å². The summed E-state index contributed by atoms with van der Waals surface area (Å²) < 4.78 is 0. The number of nitrogens with zero attached hydrogens (tertiary/aromatic N) is 3. The summed E-state index contributed by atoms with van der Waals surface area (Å²) in [5, 5.41) is 94.4. The number of aromatic amines is 1. The van der Waals surface area contributed by atoms with E-state index in [4.69, 9.17) is 10.8 Å². The molecular formula is C69H110N20O26. The van der Waals surface area contributed by atoms with Gasteiger partial charge in [-0.25, -0.2) is 4.98 Å². The van der Waals surface area contributed by atoms with Crippen LogP contribution in [-0.2, 0) is 102 Å². The Balaban J connectivity index is 1.67. The molecule has 15 atom stereocenters. The standard InChI is InChI=1S/C69H110N20O26/c1-31(2)19-40(79-48(93)23-70)58(103)74-27-51(96)88-17-11-14-47(88)65(110)86-54(33(5)6)66(111)82-39(15-16-52(97)98)60(105)84-44(28-90)63(108)85-45(29-91)68(113)89-18-12-13-46(89)64(109)73-26-50(95)81-42(21-38-24-71-30-75-38)59(104)72-25-49(94)80-41(20-32(3)4)61(106)83-43(22-53(99)100)62(107)87-55(37(10)92)67(112)77-35(8)56(101)76-34(7)57(102)78-36(9)69(114)115/h24,30-37,39-47,54-55,90-92H,11-23,25-29,70H2,1-10H3,(H,71,75)(H,72,104)(H,73,109)(H,74,103)(H,76,101)(H,77,112)(H,78,102)(H,79,93)(H,80,94)(H,81,95)(H,82,111)(H,83,106)(H,84,105)(H,85,108)(H,86,110)(H,87,107)(H,97,98)(H,99,100)(H,114,115)/t34-,35-,36-,37+,39-,40-,41-,42-,43-,44-,45-,46-,47-,54-,55-/m0/s1. The maximum Gasteiger partial charge on any atom is 0.325 e. The van der Waals surface area contributed by atoms with Gasteiger partial charge in [0.1, 0.15) is 84.6 Å².